The van der Waals surface area contributed by atoms with E-state index in [4.69, 9.17) is 4.74 Å². The number of benzene rings is 1. The van der Waals surface area contributed by atoms with E-state index in [9.17, 15) is 10.4 Å². The van der Waals surface area contributed by atoms with E-state index in [1.165, 1.54) is 0 Å². The second-order valence-corrected chi connectivity index (χ2v) is 11.4. The Balaban J connectivity index is 1.30. The van der Waals surface area contributed by atoms with Crippen molar-refractivity contribution in [1.29, 1.82) is 5.26 Å². The maximum absolute atomic E-state index is 10.7. The van der Waals surface area contributed by atoms with Gasteiger partial charge in [-0.05, 0) is 63.0 Å². The Kier molecular flexibility index (Phi) is 3.62. The number of hydrogen-bond acceptors (Lipinski definition) is 7. The molecule has 8 heteroatoms. The number of aliphatic hydroxyl groups is 1. The average molecular weight is 457 g/mol. The van der Waals surface area contributed by atoms with Crippen LogP contribution in [0.5, 0.6) is 6.01 Å². The van der Waals surface area contributed by atoms with Crippen LogP contribution in [0.1, 0.15) is 51.5 Å². The molecule has 34 heavy (non-hydrogen) atoms. The van der Waals surface area contributed by atoms with Crippen molar-refractivity contribution in [3.05, 3.63) is 36.0 Å². The zero-order valence-electron chi connectivity index (χ0n) is 19.7. The molecule has 5 aliphatic rings. The second kappa shape index (κ2) is 6.08. The van der Waals surface area contributed by atoms with Gasteiger partial charge in [0.15, 0.2) is 5.82 Å². The number of hydrogen-bond donors (Lipinski definition) is 1. The van der Waals surface area contributed by atoms with Crippen LogP contribution in [-0.4, -0.2) is 50.2 Å². The van der Waals surface area contributed by atoms with Gasteiger partial charge in [-0.2, -0.15) is 20.3 Å². The van der Waals surface area contributed by atoms with Gasteiger partial charge in [-0.15, -0.1) is 0 Å². The Morgan fingerprint density at radius 3 is 2.56 bits per heavy atom. The molecule has 2 saturated heterocycles. The molecule has 0 amide bonds. The summed E-state index contributed by atoms with van der Waals surface area (Å²) >= 11 is 0. The first-order chi connectivity index (χ1) is 16.2. The third-order valence-electron chi connectivity index (χ3n) is 9.33. The van der Waals surface area contributed by atoms with Crippen LogP contribution in [0.25, 0.3) is 16.7 Å². The van der Waals surface area contributed by atoms with Gasteiger partial charge in [0.05, 0.1) is 35.9 Å². The van der Waals surface area contributed by atoms with Crippen LogP contribution in [0, 0.1) is 22.2 Å². The minimum absolute atomic E-state index is 0.0992. The summed E-state index contributed by atoms with van der Waals surface area (Å²) < 4.78 is 7.29. The average Bonchev–Trinajstić information content (AvgIpc) is 3.49. The Labute approximate surface area is 198 Å². The van der Waals surface area contributed by atoms with Crippen molar-refractivity contribution < 1.29 is 9.84 Å². The normalized spacial score (nSPS) is 30.3. The summed E-state index contributed by atoms with van der Waals surface area (Å²) in [5, 5.41) is 26.4. The topological polar surface area (TPSA) is 100 Å². The lowest BCUT2D eigenvalue weighted by Gasteiger charge is -2.45. The Morgan fingerprint density at radius 2 is 1.94 bits per heavy atom. The highest BCUT2D eigenvalue weighted by atomic mass is 16.5. The van der Waals surface area contributed by atoms with Gasteiger partial charge in [0, 0.05) is 29.5 Å². The van der Waals surface area contributed by atoms with Gasteiger partial charge in [0.2, 0.25) is 0 Å². The predicted octanol–water partition coefficient (Wildman–Crippen LogP) is 3.51. The third-order valence-corrected chi connectivity index (χ3v) is 9.33. The van der Waals surface area contributed by atoms with E-state index in [0.29, 0.717) is 17.9 Å². The Morgan fingerprint density at radius 1 is 1.18 bits per heavy atom. The molecule has 3 aromatic rings. The zero-order chi connectivity index (χ0) is 23.5. The largest absolute Gasteiger partial charge is 0.467 e. The van der Waals surface area contributed by atoms with Crippen molar-refractivity contribution in [3.63, 3.8) is 0 Å². The maximum Gasteiger partial charge on any atom is 0.320 e. The van der Waals surface area contributed by atoms with Crippen molar-refractivity contribution >= 4 is 16.7 Å². The standard InChI is InChI=1S/C26H28N6O2/c1-23(2,33)25-10-18(11-25)31(15-25)20-9-21(30-22(29-20)34-3)32-19-8-17(5-4-16(19)12-28-32)26(14-27)13-24(26)6-7-24/h4-5,8-9,12,18,33H,6-7,10-11,13,15H2,1-3H3/t18?,25?,26-/m0/s1. The fourth-order valence-electron chi connectivity index (χ4n) is 6.67. The molecule has 4 heterocycles. The number of nitriles is 1. The molecule has 2 aliphatic heterocycles. The molecule has 1 aromatic carbocycles. The first-order valence-electron chi connectivity index (χ1n) is 12.1. The highest BCUT2D eigenvalue weighted by molar-refractivity contribution is 5.82. The van der Waals surface area contributed by atoms with Gasteiger partial charge in [-0.3, -0.25) is 0 Å². The molecule has 1 atom stereocenters. The number of aromatic nitrogens is 4. The van der Waals surface area contributed by atoms with Gasteiger partial charge >= 0.3 is 6.01 Å². The van der Waals surface area contributed by atoms with Crippen molar-refractivity contribution in [2.24, 2.45) is 10.8 Å². The van der Waals surface area contributed by atoms with Gasteiger partial charge in [-0.1, -0.05) is 12.1 Å². The second-order valence-electron chi connectivity index (χ2n) is 11.4. The molecule has 5 fully saturated rings. The van der Waals surface area contributed by atoms with Crippen LogP contribution in [0.4, 0.5) is 5.82 Å². The van der Waals surface area contributed by atoms with Crippen LogP contribution < -0.4 is 9.64 Å². The molecule has 0 radical (unpaired) electrons. The van der Waals surface area contributed by atoms with E-state index in [-0.39, 0.29) is 16.2 Å². The van der Waals surface area contributed by atoms with Gasteiger partial charge in [0.1, 0.15) is 5.82 Å². The fraction of sp³-hybridized carbons (Fsp3) is 0.538. The first-order valence-corrected chi connectivity index (χ1v) is 12.1. The van der Waals surface area contributed by atoms with Crippen LogP contribution >= 0.6 is 0 Å². The lowest BCUT2D eigenvalue weighted by Crippen LogP contribution is -2.50. The van der Waals surface area contributed by atoms with Crippen LogP contribution in [0.2, 0.25) is 0 Å². The summed E-state index contributed by atoms with van der Waals surface area (Å²) in [6, 6.07) is 11.5. The van der Waals surface area contributed by atoms with E-state index >= 15 is 0 Å². The maximum atomic E-state index is 10.7. The SMILES string of the molecule is COc1nc(N2CC3(C(C)(C)O)CC2C3)cc(-n2ncc3ccc([C@@]4(C#N)CC45CC5)cc32)n1. The molecule has 3 aliphatic carbocycles. The first kappa shape index (κ1) is 20.2. The summed E-state index contributed by atoms with van der Waals surface area (Å²) in [4.78, 5) is 11.5. The van der Waals surface area contributed by atoms with E-state index < -0.39 is 5.60 Å². The molecule has 8 nitrogen and oxygen atoms in total. The summed E-state index contributed by atoms with van der Waals surface area (Å²) in [6.07, 6.45) is 7.01. The summed E-state index contributed by atoms with van der Waals surface area (Å²) in [5.41, 5.74) is 1.03. The Hall–Kier alpha value is -3.18. The van der Waals surface area contributed by atoms with Gasteiger partial charge in [-0.25, -0.2) is 4.68 Å². The molecule has 2 aromatic heterocycles. The lowest BCUT2D eigenvalue weighted by molar-refractivity contribution is -0.0754. The molecule has 3 saturated carbocycles. The molecule has 174 valence electrons. The molecular weight excluding hydrogens is 428 g/mol. The highest BCUT2D eigenvalue weighted by Gasteiger charge is 2.75. The number of fused-ring (bicyclic) bond motifs is 2. The summed E-state index contributed by atoms with van der Waals surface area (Å²) in [5.74, 6) is 1.43. The lowest BCUT2D eigenvalue weighted by atomic mass is 9.61. The third kappa shape index (κ3) is 2.43. The van der Waals surface area contributed by atoms with Gasteiger partial charge in [0.25, 0.3) is 0 Å². The molecule has 0 unspecified atom stereocenters. The summed E-state index contributed by atoms with van der Waals surface area (Å²) in [6.45, 7) is 4.58. The van der Waals surface area contributed by atoms with E-state index in [2.05, 4.69) is 44.2 Å². The smallest absolute Gasteiger partial charge is 0.320 e. The number of ether oxygens (including phenoxy) is 1. The highest BCUT2D eigenvalue weighted by Crippen LogP contribution is 2.78. The molecule has 1 spiro atoms. The van der Waals surface area contributed by atoms with E-state index in [0.717, 1.165) is 60.9 Å². The Bertz CT molecular complexity index is 1390. The van der Waals surface area contributed by atoms with Gasteiger partial charge < -0.3 is 14.7 Å². The number of nitrogens with zero attached hydrogens (tertiary/aromatic N) is 6. The molecule has 2 bridgehead atoms. The summed E-state index contributed by atoms with van der Waals surface area (Å²) in [7, 11) is 1.57. The molecule has 1 N–H and O–H groups in total. The van der Waals surface area contributed by atoms with Crippen molar-refractivity contribution in [1.82, 2.24) is 19.7 Å². The fourth-order valence-corrected chi connectivity index (χ4v) is 6.67. The van der Waals surface area contributed by atoms with Crippen LogP contribution in [0.15, 0.2) is 30.5 Å². The predicted molar refractivity (Wildman–Crippen MR) is 126 cm³/mol. The van der Waals surface area contributed by atoms with E-state index in [1.54, 1.807) is 7.11 Å². The number of anilines is 1. The van der Waals surface area contributed by atoms with Crippen molar-refractivity contribution in [2.45, 2.75) is 63.0 Å². The monoisotopic (exact) mass is 456 g/mol. The minimum Gasteiger partial charge on any atom is -0.467 e. The quantitative estimate of drug-likeness (QED) is 0.627. The molecular formula is C26H28N6O2. The molecule has 8 rings (SSSR count). The zero-order valence-corrected chi connectivity index (χ0v) is 19.7. The number of rotatable bonds is 5. The van der Waals surface area contributed by atoms with Crippen molar-refractivity contribution in [2.75, 3.05) is 18.6 Å². The minimum atomic E-state index is -0.731. The van der Waals surface area contributed by atoms with Crippen LogP contribution in [0.3, 0.4) is 0 Å². The van der Waals surface area contributed by atoms with Crippen LogP contribution in [-0.2, 0) is 5.41 Å². The van der Waals surface area contributed by atoms with E-state index in [1.807, 2.05) is 30.8 Å². The number of methoxy groups -OCH3 is 1. The van der Waals surface area contributed by atoms with Crippen molar-refractivity contribution in [3.8, 4) is 17.9 Å².